The minimum absolute atomic E-state index is 0.0442. The van der Waals surface area contributed by atoms with Crippen LogP contribution in [0.2, 0.25) is 0 Å². The maximum atomic E-state index is 13.3. The van der Waals surface area contributed by atoms with Crippen LogP contribution in [-0.2, 0) is 0 Å². The molecule has 4 aromatic rings. The van der Waals surface area contributed by atoms with Gasteiger partial charge < -0.3 is 25.5 Å². The van der Waals surface area contributed by atoms with E-state index in [1.54, 1.807) is 0 Å². The zero-order chi connectivity index (χ0) is 23.8. The molecule has 1 unspecified atom stereocenters. The number of aromatic amines is 1. The number of ether oxygens (including phenoxy) is 2. The number of rotatable bonds is 5. The molecule has 4 N–H and O–H groups in total. The normalized spacial score (nSPS) is 15.1. The Morgan fingerprint density at radius 3 is 2.68 bits per heavy atom. The highest BCUT2D eigenvalue weighted by molar-refractivity contribution is 7.22. The van der Waals surface area contributed by atoms with Gasteiger partial charge in [-0.3, -0.25) is 4.79 Å². The molecule has 0 amide bonds. The SMILES string of the molecule is CC(C)Oc1ccccc1C1C(C#N)=C(N)Oc2c1c(=O)[nH]c1nc(Nc3ccccc3)sc21. The molecule has 8 nitrogen and oxygen atoms in total. The lowest BCUT2D eigenvalue weighted by molar-refractivity contribution is 0.239. The van der Waals surface area contributed by atoms with E-state index in [2.05, 4.69) is 21.4 Å². The van der Waals surface area contributed by atoms with Gasteiger partial charge in [-0.1, -0.05) is 47.7 Å². The van der Waals surface area contributed by atoms with Crippen molar-refractivity contribution in [2.45, 2.75) is 25.9 Å². The first-order valence-electron chi connectivity index (χ1n) is 10.7. The van der Waals surface area contributed by atoms with Crippen molar-refractivity contribution in [3.8, 4) is 17.6 Å². The molecule has 2 aromatic carbocycles. The molecule has 0 saturated carbocycles. The number of pyridine rings is 1. The van der Waals surface area contributed by atoms with Gasteiger partial charge in [0, 0.05) is 11.3 Å². The highest BCUT2D eigenvalue weighted by atomic mass is 32.1. The number of H-pyrrole nitrogens is 1. The number of nitriles is 1. The summed E-state index contributed by atoms with van der Waals surface area (Å²) >= 11 is 1.33. The Balaban J connectivity index is 1.70. The van der Waals surface area contributed by atoms with Crippen LogP contribution in [0.1, 0.15) is 30.9 Å². The van der Waals surface area contributed by atoms with E-state index in [-0.39, 0.29) is 17.6 Å². The van der Waals surface area contributed by atoms with E-state index in [4.69, 9.17) is 15.2 Å². The van der Waals surface area contributed by atoms with Crippen LogP contribution < -0.4 is 26.1 Å². The number of nitrogens with zero attached hydrogens (tertiary/aromatic N) is 2. The Morgan fingerprint density at radius 2 is 1.94 bits per heavy atom. The lowest BCUT2D eigenvalue weighted by Crippen LogP contribution is -2.28. The Labute approximate surface area is 199 Å². The van der Waals surface area contributed by atoms with Crippen molar-refractivity contribution in [2.24, 2.45) is 5.73 Å². The number of hydrogen-bond acceptors (Lipinski definition) is 8. The second-order valence-corrected chi connectivity index (χ2v) is 9.01. The maximum Gasteiger partial charge on any atom is 0.257 e. The number of nitrogens with two attached hydrogens (primary N) is 1. The van der Waals surface area contributed by atoms with Crippen molar-refractivity contribution in [1.29, 1.82) is 5.26 Å². The predicted molar refractivity (Wildman–Crippen MR) is 131 cm³/mol. The molecular weight excluding hydrogens is 450 g/mol. The van der Waals surface area contributed by atoms with Gasteiger partial charge in [0.25, 0.3) is 5.56 Å². The molecule has 0 fully saturated rings. The first-order valence-corrected chi connectivity index (χ1v) is 11.5. The number of hydrogen-bond donors (Lipinski definition) is 3. The van der Waals surface area contributed by atoms with Gasteiger partial charge in [-0.15, -0.1) is 0 Å². The number of aromatic nitrogens is 2. The molecule has 0 spiro atoms. The summed E-state index contributed by atoms with van der Waals surface area (Å²) in [6, 6.07) is 19.1. The van der Waals surface area contributed by atoms with Crippen molar-refractivity contribution in [2.75, 3.05) is 5.32 Å². The maximum absolute atomic E-state index is 13.3. The van der Waals surface area contributed by atoms with E-state index in [0.29, 0.717) is 38.1 Å². The lowest BCUT2D eigenvalue weighted by Gasteiger charge is -2.27. The summed E-state index contributed by atoms with van der Waals surface area (Å²) in [6.45, 7) is 3.83. The first kappa shape index (κ1) is 21.6. The summed E-state index contributed by atoms with van der Waals surface area (Å²) < 4.78 is 12.5. The van der Waals surface area contributed by atoms with Crippen LogP contribution in [-0.4, -0.2) is 16.1 Å². The first-order chi connectivity index (χ1) is 16.5. The molecule has 3 heterocycles. The monoisotopic (exact) mass is 471 g/mol. The minimum Gasteiger partial charge on any atom is -0.491 e. The third-order valence-corrected chi connectivity index (χ3v) is 6.32. The van der Waals surface area contributed by atoms with Crippen molar-refractivity contribution < 1.29 is 9.47 Å². The van der Waals surface area contributed by atoms with E-state index >= 15 is 0 Å². The van der Waals surface area contributed by atoms with Gasteiger partial charge >= 0.3 is 0 Å². The van der Waals surface area contributed by atoms with E-state index in [1.165, 1.54) is 11.3 Å². The summed E-state index contributed by atoms with van der Waals surface area (Å²) in [6.07, 6.45) is -0.0961. The molecule has 1 aliphatic heterocycles. The highest BCUT2D eigenvalue weighted by Gasteiger charge is 2.37. The second kappa shape index (κ2) is 8.57. The van der Waals surface area contributed by atoms with Crippen molar-refractivity contribution in [1.82, 2.24) is 9.97 Å². The van der Waals surface area contributed by atoms with Crippen molar-refractivity contribution in [3.05, 3.63) is 87.5 Å². The molecule has 2 aromatic heterocycles. The minimum atomic E-state index is -0.746. The van der Waals surface area contributed by atoms with Crippen LogP contribution in [0.3, 0.4) is 0 Å². The van der Waals surface area contributed by atoms with Gasteiger partial charge in [-0.05, 0) is 32.0 Å². The van der Waals surface area contributed by atoms with E-state index in [1.807, 2.05) is 68.4 Å². The zero-order valence-electron chi connectivity index (χ0n) is 18.5. The molecule has 34 heavy (non-hydrogen) atoms. The molecule has 9 heteroatoms. The smallest absolute Gasteiger partial charge is 0.257 e. The number of para-hydroxylation sites is 2. The Bertz CT molecular complexity index is 1520. The van der Waals surface area contributed by atoms with Crippen molar-refractivity contribution in [3.63, 3.8) is 0 Å². The van der Waals surface area contributed by atoms with Gasteiger partial charge in [0.2, 0.25) is 5.88 Å². The second-order valence-electron chi connectivity index (χ2n) is 8.01. The van der Waals surface area contributed by atoms with Crippen LogP contribution in [0.15, 0.2) is 70.8 Å². The van der Waals surface area contributed by atoms with Gasteiger partial charge in [0.05, 0.1) is 17.6 Å². The van der Waals surface area contributed by atoms with Gasteiger partial charge in [0.1, 0.15) is 22.1 Å². The highest BCUT2D eigenvalue weighted by Crippen LogP contribution is 2.47. The van der Waals surface area contributed by atoms with Gasteiger partial charge in [-0.25, -0.2) is 4.98 Å². The van der Waals surface area contributed by atoms with E-state index in [9.17, 15) is 10.1 Å². The van der Waals surface area contributed by atoms with Crippen LogP contribution in [0.25, 0.3) is 10.3 Å². The fourth-order valence-electron chi connectivity index (χ4n) is 3.98. The predicted octanol–water partition coefficient (Wildman–Crippen LogP) is 4.73. The van der Waals surface area contributed by atoms with E-state index in [0.717, 1.165) is 5.69 Å². The third-order valence-electron chi connectivity index (χ3n) is 5.35. The number of benzene rings is 2. The average Bonchev–Trinajstić information content (AvgIpc) is 3.21. The largest absolute Gasteiger partial charge is 0.491 e. The summed E-state index contributed by atoms with van der Waals surface area (Å²) in [5.41, 5.74) is 8.17. The molecule has 1 aliphatic rings. The summed E-state index contributed by atoms with van der Waals surface area (Å²) in [7, 11) is 0. The average molecular weight is 472 g/mol. The molecule has 1 atom stereocenters. The molecule has 0 saturated heterocycles. The number of fused-ring (bicyclic) bond motifs is 3. The third kappa shape index (κ3) is 3.74. The standard InChI is InChI=1S/C25H21N5O3S/c1-13(2)32-17-11-7-6-10-15(17)18-16(12-26)22(27)33-20-19(18)24(31)29-23-21(20)34-25(30-23)28-14-8-4-3-5-9-14/h3-11,13,18H,27H2,1-2H3,(H2,28,29,30,31). The number of nitrogens with one attached hydrogen (secondary N) is 2. The molecule has 0 bridgehead atoms. The van der Waals surface area contributed by atoms with Gasteiger partial charge in [0.15, 0.2) is 16.5 Å². The van der Waals surface area contributed by atoms with Gasteiger partial charge in [-0.2, -0.15) is 5.26 Å². The van der Waals surface area contributed by atoms with Crippen LogP contribution >= 0.6 is 11.3 Å². The molecular formula is C25H21N5O3S. The summed E-state index contributed by atoms with van der Waals surface area (Å²) in [5, 5.41) is 13.7. The number of anilines is 2. The molecule has 5 rings (SSSR count). The number of thiazole rings is 1. The Hall–Kier alpha value is -4.29. The topological polar surface area (TPSA) is 126 Å². The molecule has 170 valence electrons. The van der Waals surface area contributed by atoms with Crippen LogP contribution in [0, 0.1) is 11.3 Å². The quantitative estimate of drug-likeness (QED) is 0.384. The fraction of sp³-hybridized carbons (Fsp3) is 0.160. The zero-order valence-corrected chi connectivity index (χ0v) is 19.3. The summed E-state index contributed by atoms with van der Waals surface area (Å²) in [4.78, 5) is 20.7. The van der Waals surface area contributed by atoms with Crippen LogP contribution in [0.4, 0.5) is 10.8 Å². The van der Waals surface area contributed by atoms with E-state index < -0.39 is 11.5 Å². The summed E-state index contributed by atoms with van der Waals surface area (Å²) in [5.74, 6) is 0.0889. The van der Waals surface area contributed by atoms with Crippen LogP contribution in [0.5, 0.6) is 11.5 Å². The molecule has 0 aliphatic carbocycles. The number of allylic oxidation sites excluding steroid dienone is 1. The fourth-order valence-corrected chi connectivity index (χ4v) is 4.92. The molecule has 0 radical (unpaired) electrons. The Kier molecular flexibility index (Phi) is 5.43. The lowest BCUT2D eigenvalue weighted by atomic mass is 9.83. The Morgan fingerprint density at radius 1 is 1.21 bits per heavy atom. The van der Waals surface area contributed by atoms with Crippen molar-refractivity contribution >= 4 is 32.5 Å².